The standard InChI is InChI=1S/C9H12N6O2/c1-15-4-6(2-13-15)8(10)9(16)11-3-7-12-5-17-14-7/h2,4-5,8H,3,10H2,1H3,(H,11,16). The van der Waals surface area contributed by atoms with Crippen molar-refractivity contribution in [1.82, 2.24) is 25.2 Å². The average Bonchev–Trinajstić information content (AvgIpc) is 2.95. The highest BCUT2D eigenvalue weighted by Crippen LogP contribution is 2.08. The second-order valence-corrected chi connectivity index (χ2v) is 3.49. The summed E-state index contributed by atoms with van der Waals surface area (Å²) in [7, 11) is 1.76. The molecule has 0 aliphatic rings. The lowest BCUT2D eigenvalue weighted by Crippen LogP contribution is -2.33. The van der Waals surface area contributed by atoms with E-state index in [2.05, 4.69) is 25.1 Å². The van der Waals surface area contributed by atoms with Crippen LogP contribution in [-0.2, 0) is 18.4 Å². The molecule has 0 saturated heterocycles. The summed E-state index contributed by atoms with van der Waals surface area (Å²) in [6.07, 6.45) is 4.44. The monoisotopic (exact) mass is 236 g/mol. The minimum atomic E-state index is -0.754. The van der Waals surface area contributed by atoms with E-state index in [0.29, 0.717) is 11.4 Å². The maximum atomic E-state index is 11.7. The molecule has 0 saturated carbocycles. The van der Waals surface area contributed by atoms with E-state index in [1.165, 1.54) is 6.39 Å². The third-order valence-corrected chi connectivity index (χ3v) is 2.19. The number of hydrogen-bond donors (Lipinski definition) is 2. The molecule has 90 valence electrons. The van der Waals surface area contributed by atoms with Gasteiger partial charge in [-0.25, -0.2) is 0 Å². The molecule has 8 heteroatoms. The quantitative estimate of drug-likeness (QED) is 0.712. The molecule has 2 aromatic heterocycles. The lowest BCUT2D eigenvalue weighted by Gasteiger charge is -2.08. The molecule has 0 spiro atoms. The molecule has 3 N–H and O–H groups in total. The van der Waals surface area contributed by atoms with E-state index in [0.717, 1.165) is 0 Å². The summed E-state index contributed by atoms with van der Waals surface area (Å²) in [6.45, 7) is 0.184. The minimum Gasteiger partial charge on any atom is -0.347 e. The van der Waals surface area contributed by atoms with Crippen LogP contribution < -0.4 is 11.1 Å². The Bertz CT molecular complexity index is 491. The van der Waals surface area contributed by atoms with Gasteiger partial charge in [-0.2, -0.15) is 10.1 Å². The van der Waals surface area contributed by atoms with Crippen molar-refractivity contribution < 1.29 is 9.32 Å². The average molecular weight is 236 g/mol. The fourth-order valence-corrected chi connectivity index (χ4v) is 1.30. The highest BCUT2D eigenvalue weighted by atomic mass is 16.5. The summed E-state index contributed by atoms with van der Waals surface area (Å²) in [5, 5.41) is 10.1. The summed E-state index contributed by atoms with van der Waals surface area (Å²) in [4.78, 5) is 15.5. The number of nitrogens with two attached hydrogens (primary N) is 1. The van der Waals surface area contributed by atoms with E-state index in [1.54, 1.807) is 24.1 Å². The number of carbonyl (C=O) groups is 1. The first-order chi connectivity index (χ1) is 8.16. The molecule has 2 aromatic rings. The van der Waals surface area contributed by atoms with E-state index < -0.39 is 6.04 Å². The first kappa shape index (κ1) is 11.3. The molecule has 0 fully saturated rings. The number of aryl methyl sites for hydroxylation is 1. The molecule has 0 aromatic carbocycles. The molecule has 17 heavy (non-hydrogen) atoms. The molecule has 0 radical (unpaired) electrons. The van der Waals surface area contributed by atoms with Crippen LogP contribution in [0.25, 0.3) is 0 Å². The van der Waals surface area contributed by atoms with Crippen LogP contribution in [0.1, 0.15) is 17.4 Å². The second kappa shape index (κ2) is 4.74. The molecule has 8 nitrogen and oxygen atoms in total. The second-order valence-electron chi connectivity index (χ2n) is 3.49. The molecule has 2 heterocycles. The zero-order valence-electron chi connectivity index (χ0n) is 9.20. The number of aromatic nitrogens is 4. The van der Waals surface area contributed by atoms with Crippen LogP contribution in [0.15, 0.2) is 23.3 Å². The summed E-state index contributed by atoms with van der Waals surface area (Å²) < 4.78 is 6.12. The minimum absolute atomic E-state index is 0.184. The van der Waals surface area contributed by atoms with Gasteiger partial charge in [-0.05, 0) is 0 Å². The Morgan fingerprint density at radius 1 is 1.71 bits per heavy atom. The Morgan fingerprint density at radius 3 is 3.12 bits per heavy atom. The smallest absolute Gasteiger partial charge is 0.242 e. The van der Waals surface area contributed by atoms with Gasteiger partial charge in [-0.1, -0.05) is 5.16 Å². The van der Waals surface area contributed by atoms with Gasteiger partial charge in [0.05, 0.1) is 12.7 Å². The number of carbonyl (C=O) groups excluding carboxylic acids is 1. The van der Waals surface area contributed by atoms with Crippen molar-refractivity contribution in [3.63, 3.8) is 0 Å². The van der Waals surface area contributed by atoms with Crippen molar-refractivity contribution in [2.45, 2.75) is 12.6 Å². The summed E-state index contributed by atoms with van der Waals surface area (Å²) in [5.41, 5.74) is 6.41. The summed E-state index contributed by atoms with van der Waals surface area (Å²) >= 11 is 0. The van der Waals surface area contributed by atoms with Gasteiger partial charge in [0.15, 0.2) is 5.82 Å². The van der Waals surface area contributed by atoms with Crippen molar-refractivity contribution in [3.8, 4) is 0 Å². The first-order valence-corrected chi connectivity index (χ1v) is 4.94. The number of rotatable bonds is 4. The third kappa shape index (κ3) is 2.67. The van der Waals surface area contributed by atoms with Crippen molar-refractivity contribution in [1.29, 1.82) is 0 Å². The zero-order chi connectivity index (χ0) is 12.3. The number of hydrogen-bond acceptors (Lipinski definition) is 6. The van der Waals surface area contributed by atoms with Crippen LogP contribution >= 0.6 is 0 Å². The van der Waals surface area contributed by atoms with Crippen LogP contribution in [0.2, 0.25) is 0 Å². The molecule has 0 aliphatic heterocycles. The normalized spacial score (nSPS) is 12.4. The van der Waals surface area contributed by atoms with Crippen molar-refractivity contribution in [3.05, 3.63) is 30.2 Å². The van der Waals surface area contributed by atoms with E-state index in [9.17, 15) is 4.79 Å². The maximum absolute atomic E-state index is 11.7. The Labute approximate surface area is 96.8 Å². The van der Waals surface area contributed by atoms with Gasteiger partial charge in [-0.3, -0.25) is 9.48 Å². The number of nitrogens with one attached hydrogen (secondary N) is 1. The molecule has 1 unspecified atom stereocenters. The topological polar surface area (TPSA) is 112 Å². The van der Waals surface area contributed by atoms with Gasteiger partial charge < -0.3 is 15.6 Å². The predicted molar refractivity (Wildman–Crippen MR) is 56.3 cm³/mol. The molecule has 2 rings (SSSR count). The Hall–Kier alpha value is -2.22. The van der Waals surface area contributed by atoms with Crippen LogP contribution in [0.5, 0.6) is 0 Å². The van der Waals surface area contributed by atoms with Gasteiger partial charge in [0, 0.05) is 18.8 Å². The van der Waals surface area contributed by atoms with E-state index in [-0.39, 0.29) is 12.5 Å². The fourth-order valence-electron chi connectivity index (χ4n) is 1.30. The van der Waals surface area contributed by atoms with Crippen LogP contribution in [0, 0.1) is 0 Å². The maximum Gasteiger partial charge on any atom is 0.242 e. The van der Waals surface area contributed by atoms with Gasteiger partial charge in [0.25, 0.3) is 0 Å². The Kier molecular flexibility index (Phi) is 3.15. The van der Waals surface area contributed by atoms with Crippen molar-refractivity contribution >= 4 is 5.91 Å². The molecular weight excluding hydrogens is 224 g/mol. The highest BCUT2D eigenvalue weighted by Gasteiger charge is 2.17. The largest absolute Gasteiger partial charge is 0.347 e. The molecular formula is C9H12N6O2. The first-order valence-electron chi connectivity index (χ1n) is 4.94. The Balaban J connectivity index is 1.91. The molecule has 1 atom stereocenters. The zero-order valence-corrected chi connectivity index (χ0v) is 9.20. The predicted octanol–water partition coefficient (Wildman–Crippen LogP) is -0.881. The highest BCUT2D eigenvalue weighted by molar-refractivity contribution is 5.82. The SMILES string of the molecule is Cn1cc(C(N)C(=O)NCc2ncon2)cn1. The lowest BCUT2D eigenvalue weighted by atomic mass is 10.1. The van der Waals surface area contributed by atoms with Crippen LogP contribution in [0.4, 0.5) is 0 Å². The third-order valence-electron chi connectivity index (χ3n) is 2.19. The van der Waals surface area contributed by atoms with Gasteiger partial charge >= 0.3 is 0 Å². The lowest BCUT2D eigenvalue weighted by molar-refractivity contribution is -0.122. The molecule has 0 aliphatic carbocycles. The number of nitrogens with zero attached hydrogens (tertiary/aromatic N) is 4. The molecule has 0 bridgehead atoms. The van der Waals surface area contributed by atoms with Gasteiger partial charge in [0.1, 0.15) is 6.04 Å². The Morgan fingerprint density at radius 2 is 2.53 bits per heavy atom. The van der Waals surface area contributed by atoms with E-state index in [4.69, 9.17) is 5.73 Å². The van der Waals surface area contributed by atoms with Crippen molar-refractivity contribution in [2.24, 2.45) is 12.8 Å². The van der Waals surface area contributed by atoms with E-state index >= 15 is 0 Å². The summed E-state index contributed by atoms with van der Waals surface area (Å²) in [5.74, 6) is 0.0829. The molecule has 1 amide bonds. The van der Waals surface area contributed by atoms with Gasteiger partial charge in [0.2, 0.25) is 12.3 Å². The van der Waals surface area contributed by atoms with Crippen LogP contribution in [0.3, 0.4) is 0 Å². The number of amides is 1. The van der Waals surface area contributed by atoms with Crippen molar-refractivity contribution in [2.75, 3.05) is 0 Å². The summed E-state index contributed by atoms with van der Waals surface area (Å²) in [6, 6.07) is -0.754. The fraction of sp³-hybridized carbons (Fsp3) is 0.333. The van der Waals surface area contributed by atoms with Crippen LogP contribution in [-0.4, -0.2) is 25.8 Å². The van der Waals surface area contributed by atoms with E-state index in [1.807, 2.05) is 0 Å². The van der Waals surface area contributed by atoms with Gasteiger partial charge in [-0.15, -0.1) is 0 Å².